The van der Waals surface area contributed by atoms with Gasteiger partial charge < -0.3 is 9.30 Å². The fourth-order valence-corrected chi connectivity index (χ4v) is 4.85. The Labute approximate surface area is 218 Å². The highest BCUT2D eigenvalue weighted by molar-refractivity contribution is 6.30. The highest BCUT2D eigenvalue weighted by atomic mass is 35.5. The minimum absolute atomic E-state index is 0.155. The third-order valence-corrected chi connectivity index (χ3v) is 7.01. The van der Waals surface area contributed by atoms with Gasteiger partial charge in [0.15, 0.2) is 0 Å². The number of nitrogens with zero attached hydrogens (tertiary/aromatic N) is 4. The van der Waals surface area contributed by atoms with E-state index < -0.39 is 11.7 Å². The lowest BCUT2D eigenvalue weighted by atomic mass is 10.0. The monoisotopic (exact) mass is 526 g/mol. The molecule has 5 nitrogen and oxygen atoms in total. The molecule has 1 amide bonds. The number of fused-ring (bicyclic) bond motifs is 1. The summed E-state index contributed by atoms with van der Waals surface area (Å²) in [6.07, 6.45) is -2.07. The molecule has 0 atom stereocenters. The van der Waals surface area contributed by atoms with Gasteiger partial charge in [-0.3, -0.25) is 9.69 Å². The number of hydrogen-bond donors (Lipinski definition) is 0. The molecule has 0 bridgehead atoms. The van der Waals surface area contributed by atoms with Crippen LogP contribution in [0, 0.1) is 0 Å². The highest BCUT2D eigenvalue weighted by Gasteiger charge is 2.30. The number of benzene rings is 2. The van der Waals surface area contributed by atoms with Crippen molar-refractivity contribution in [2.24, 2.45) is 0 Å². The zero-order valence-corrected chi connectivity index (χ0v) is 21.1. The number of alkyl halides is 3. The summed E-state index contributed by atoms with van der Waals surface area (Å²) in [4.78, 5) is 21.1. The summed E-state index contributed by atoms with van der Waals surface area (Å²) in [7, 11) is 0. The quantitative estimate of drug-likeness (QED) is 0.302. The Balaban J connectivity index is 1.54. The number of carbonyl (C=O) groups excluding carboxylic acids is 1. The third-order valence-electron chi connectivity index (χ3n) is 6.76. The Morgan fingerprint density at radius 2 is 1.65 bits per heavy atom. The number of pyridine rings is 1. The first-order valence-electron chi connectivity index (χ1n) is 12.2. The van der Waals surface area contributed by atoms with Crippen molar-refractivity contribution in [3.8, 4) is 22.4 Å². The van der Waals surface area contributed by atoms with Crippen molar-refractivity contribution in [1.29, 1.82) is 0 Å². The van der Waals surface area contributed by atoms with Crippen LogP contribution in [-0.4, -0.2) is 51.3 Å². The Morgan fingerprint density at radius 3 is 2.32 bits per heavy atom. The van der Waals surface area contributed by atoms with E-state index in [4.69, 9.17) is 16.6 Å². The van der Waals surface area contributed by atoms with Crippen LogP contribution in [0.2, 0.25) is 5.02 Å². The summed E-state index contributed by atoms with van der Waals surface area (Å²) in [6.45, 7) is 5.23. The predicted molar refractivity (Wildman–Crippen MR) is 138 cm³/mol. The number of rotatable bonds is 5. The molecule has 0 N–H and O–H groups in total. The van der Waals surface area contributed by atoms with Crippen LogP contribution >= 0.6 is 11.6 Å². The Kier molecular flexibility index (Phi) is 6.96. The van der Waals surface area contributed by atoms with E-state index in [1.54, 1.807) is 12.1 Å². The van der Waals surface area contributed by atoms with Gasteiger partial charge in [0, 0.05) is 55.9 Å². The lowest BCUT2D eigenvalue weighted by Gasteiger charge is -2.34. The number of carbonyl (C=O) groups is 1. The van der Waals surface area contributed by atoms with E-state index in [0.717, 1.165) is 36.1 Å². The topological polar surface area (TPSA) is 40.9 Å². The molecule has 5 rings (SSSR count). The highest BCUT2D eigenvalue weighted by Crippen LogP contribution is 2.33. The first kappa shape index (κ1) is 25.3. The average molecular weight is 527 g/mol. The van der Waals surface area contributed by atoms with Crippen LogP contribution in [0.15, 0.2) is 66.9 Å². The maximum Gasteiger partial charge on any atom is 0.416 e. The molecule has 37 heavy (non-hydrogen) atoms. The molecule has 1 fully saturated rings. The number of amides is 1. The molecule has 3 heterocycles. The van der Waals surface area contributed by atoms with Crippen molar-refractivity contribution in [2.75, 3.05) is 26.2 Å². The zero-order valence-electron chi connectivity index (χ0n) is 20.3. The third kappa shape index (κ3) is 5.36. The molecule has 0 saturated carbocycles. The number of hydrogen-bond acceptors (Lipinski definition) is 3. The van der Waals surface area contributed by atoms with Crippen molar-refractivity contribution in [1.82, 2.24) is 19.2 Å². The molecule has 0 aliphatic carbocycles. The van der Waals surface area contributed by atoms with Crippen LogP contribution in [0.3, 0.4) is 0 Å². The van der Waals surface area contributed by atoms with Gasteiger partial charge in [0.1, 0.15) is 5.65 Å². The number of halogens is 4. The molecule has 4 aromatic rings. The molecule has 9 heteroatoms. The first-order chi connectivity index (χ1) is 17.7. The van der Waals surface area contributed by atoms with Crippen LogP contribution in [0.4, 0.5) is 13.2 Å². The molecule has 2 aromatic heterocycles. The van der Waals surface area contributed by atoms with Crippen LogP contribution < -0.4 is 0 Å². The molecule has 1 saturated heterocycles. The van der Waals surface area contributed by atoms with Gasteiger partial charge in [0.05, 0.1) is 17.0 Å². The second-order valence-corrected chi connectivity index (χ2v) is 9.59. The molecular formula is C28H26ClF3N4O. The molecule has 0 radical (unpaired) electrons. The smallest absolute Gasteiger partial charge is 0.340 e. The second kappa shape index (κ2) is 10.2. The maximum absolute atomic E-state index is 13.3. The van der Waals surface area contributed by atoms with Gasteiger partial charge in [-0.2, -0.15) is 13.2 Å². The van der Waals surface area contributed by atoms with Gasteiger partial charge in [0.25, 0.3) is 0 Å². The van der Waals surface area contributed by atoms with Gasteiger partial charge in [-0.15, -0.1) is 0 Å². The Morgan fingerprint density at radius 1 is 0.946 bits per heavy atom. The van der Waals surface area contributed by atoms with Gasteiger partial charge >= 0.3 is 6.18 Å². The van der Waals surface area contributed by atoms with Gasteiger partial charge in [0.2, 0.25) is 5.91 Å². The van der Waals surface area contributed by atoms with Crippen LogP contribution in [0.1, 0.15) is 24.6 Å². The van der Waals surface area contributed by atoms with Gasteiger partial charge in [-0.05, 0) is 47.5 Å². The number of imidazole rings is 1. The lowest BCUT2D eigenvalue weighted by molar-refractivity contribution is -0.137. The SMILES string of the molecule is CCC(=O)N1CCN(Cc2c(-c3ccc(Cl)cc3)nc3ccc(-c4cccc(C(F)(F)F)c4)cn23)CC1. The maximum atomic E-state index is 13.3. The summed E-state index contributed by atoms with van der Waals surface area (Å²) in [6, 6.07) is 16.4. The molecular weight excluding hydrogens is 501 g/mol. The molecule has 2 aromatic carbocycles. The predicted octanol–water partition coefficient (Wildman–Crippen LogP) is 6.39. The average Bonchev–Trinajstić information content (AvgIpc) is 3.26. The standard InChI is InChI=1S/C28H26ClF3N4O/c1-2-26(37)35-14-12-34(13-15-35)18-24-27(19-6-9-23(29)10-7-19)33-25-11-8-21(17-36(24)25)20-4-3-5-22(16-20)28(30,31)32/h3-11,16-17H,2,12-15,18H2,1H3. The Hall–Kier alpha value is -3.36. The van der Waals surface area contributed by atoms with E-state index in [0.29, 0.717) is 47.9 Å². The fraction of sp³-hybridized carbons (Fsp3) is 0.286. The van der Waals surface area contributed by atoms with Crippen LogP contribution in [0.5, 0.6) is 0 Å². The summed E-state index contributed by atoms with van der Waals surface area (Å²) >= 11 is 6.11. The van der Waals surface area contributed by atoms with Crippen LogP contribution in [0.25, 0.3) is 28.0 Å². The first-order valence-corrected chi connectivity index (χ1v) is 12.6. The van der Waals surface area contributed by atoms with Crippen LogP contribution in [-0.2, 0) is 17.5 Å². The molecule has 0 unspecified atom stereocenters. The second-order valence-electron chi connectivity index (χ2n) is 9.15. The van der Waals surface area contributed by atoms with E-state index in [-0.39, 0.29) is 5.91 Å². The molecule has 192 valence electrons. The summed E-state index contributed by atoms with van der Waals surface area (Å²) in [5.41, 5.74) is 3.80. The van der Waals surface area contributed by atoms with E-state index >= 15 is 0 Å². The van der Waals surface area contributed by atoms with Gasteiger partial charge in [-0.25, -0.2) is 4.98 Å². The lowest BCUT2D eigenvalue weighted by Crippen LogP contribution is -2.48. The minimum atomic E-state index is -4.41. The van der Waals surface area contributed by atoms with Crippen molar-refractivity contribution in [3.63, 3.8) is 0 Å². The number of aromatic nitrogens is 2. The van der Waals surface area contributed by atoms with E-state index in [2.05, 4.69) is 4.90 Å². The van der Waals surface area contributed by atoms with Gasteiger partial charge in [-0.1, -0.05) is 42.8 Å². The largest absolute Gasteiger partial charge is 0.416 e. The number of piperazine rings is 1. The van der Waals surface area contributed by atoms with Crippen molar-refractivity contribution in [3.05, 3.63) is 83.1 Å². The minimum Gasteiger partial charge on any atom is -0.340 e. The van der Waals surface area contributed by atoms with Crippen molar-refractivity contribution >= 4 is 23.2 Å². The van der Waals surface area contributed by atoms with Crippen molar-refractivity contribution in [2.45, 2.75) is 26.1 Å². The fourth-order valence-electron chi connectivity index (χ4n) is 4.72. The summed E-state index contributed by atoms with van der Waals surface area (Å²) in [5, 5.41) is 0.623. The molecule has 1 aliphatic heterocycles. The van der Waals surface area contributed by atoms with E-state index in [9.17, 15) is 18.0 Å². The van der Waals surface area contributed by atoms with E-state index in [1.807, 2.05) is 52.8 Å². The summed E-state index contributed by atoms with van der Waals surface area (Å²) < 4.78 is 41.9. The molecule has 1 aliphatic rings. The van der Waals surface area contributed by atoms with E-state index in [1.165, 1.54) is 12.1 Å². The normalized spacial score (nSPS) is 14.9. The zero-order chi connectivity index (χ0) is 26.2. The van der Waals surface area contributed by atoms with Crippen molar-refractivity contribution < 1.29 is 18.0 Å². The molecule has 0 spiro atoms. The Bertz CT molecular complexity index is 1420. The summed E-state index contributed by atoms with van der Waals surface area (Å²) in [5.74, 6) is 0.155.